The van der Waals surface area contributed by atoms with Crippen molar-refractivity contribution < 1.29 is 9.47 Å². The van der Waals surface area contributed by atoms with Gasteiger partial charge in [0.05, 0.1) is 0 Å². The zero-order valence-electron chi connectivity index (χ0n) is 9.53. The molecule has 0 atom stereocenters. The van der Waals surface area contributed by atoms with Crippen molar-refractivity contribution in [3.05, 3.63) is 29.8 Å². The molecule has 0 aliphatic rings. The lowest BCUT2D eigenvalue weighted by Crippen LogP contribution is -2.13. The van der Waals surface area contributed by atoms with Crippen LogP contribution in [0.2, 0.25) is 0 Å². The van der Waals surface area contributed by atoms with Crippen LogP contribution in [-0.4, -0.2) is 26.3 Å². The van der Waals surface area contributed by atoms with E-state index < -0.39 is 0 Å². The van der Waals surface area contributed by atoms with Gasteiger partial charge in [0.2, 0.25) is 0 Å². The Morgan fingerprint density at radius 1 is 1.13 bits per heavy atom. The Balaban J connectivity index is 2.28. The Hall–Kier alpha value is -0.510. The average Bonchev–Trinajstić information content (AvgIpc) is 2.27. The SMILES string of the molecule is COC(CCSc1ccc(C)cc1)OC. The lowest BCUT2D eigenvalue weighted by molar-refractivity contribution is -0.102. The number of thioether (sulfide) groups is 1. The Bertz CT molecular complexity index is 267. The second kappa shape index (κ2) is 6.88. The Morgan fingerprint density at radius 3 is 2.27 bits per heavy atom. The molecule has 1 rings (SSSR count). The maximum atomic E-state index is 5.12. The smallest absolute Gasteiger partial charge is 0.157 e. The first kappa shape index (κ1) is 12.6. The van der Waals surface area contributed by atoms with E-state index in [0.29, 0.717) is 0 Å². The van der Waals surface area contributed by atoms with Crippen molar-refractivity contribution in [3.8, 4) is 0 Å². The Morgan fingerprint density at radius 2 is 1.73 bits per heavy atom. The van der Waals surface area contributed by atoms with E-state index in [4.69, 9.17) is 9.47 Å². The molecule has 2 nitrogen and oxygen atoms in total. The zero-order valence-corrected chi connectivity index (χ0v) is 10.3. The summed E-state index contributed by atoms with van der Waals surface area (Å²) in [6, 6.07) is 8.56. The Kier molecular flexibility index (Phi) is 5.76. The van der Waals surface area contributed by atoms with Crippen molar-refractivity contribution >= 4 is 11.8 Å². The van der Waals surface area contributed by atoms with E-state index in [-0.39, 0.29) is 6.29 Å². The predicted molar refractivity (Wildman–Crippen MR) is 64.3 cm³/mol. The topological polar surface area (TPSA) is 18.5 Å². The summed E-state index contributed by atoms with van der Waals surface area (Å²) in [7, 11) is 3.34. The van der Waals surface area contributed by atoms with Crippen LogP contribution in [-0.2, 0) is 9.47 Å². The van der Waals surface area contributed by atoms with Gasteiger partial charge >= 0.3 is 0 Å². The van der Waals surface area contributed by atoms with Gasteiger partial charge in [-0.15, -0.1) is 11.8 Å². The molecule has 1 aromatic rings. The third-order valence-electron chi connectivity index (χ3n) is 2.17. The number of methoxy groups -OCH3 is 2. The van der Waals surface area contributed by atoms with E-state index in [1.54, 1.807) is 14.2 Å². The van der Waals surface area contributed by atoms with Gasteiger partial charge in [-0.05, 0) is 19.1 Å². The fourth-order valence-electron chi connectivity index (χ4n) is 1.24. The fraction of sp³-hybridized carbons (Fsp3) is 0.500. The van der Waals surface area contributed by atoms with Gasteiger partial charge < -0.3 is 9.47 Å². The molecular weight excluding hydrogens is 208 g/mol. The Labute approximate surface area is 96.0 Å². The molecule has 0 fully saturated rings. The van der Waals surface area contributed by atoms with Crippen molar-refractivity contribution in [2.75, 3.05) is 20.0 Å². The van der Waals surface area contributed by atoms with Gasteiger partial charge in [0, 0.05) is 31.3 Å². The minimum atomic E-state index is -0.0806. The van der Waals surface area contributed by atoms with E-state index in [0.717, 1.165) is 12.2 Å². The number of aryl methyl sites for hydroxylation is 1. The molecule has 0 aliphatic carbocycles. The highest BCUT2D eigenvalue weighted by atomic mass is 32.2. The van der Waals surface area contributed by atoms with Gasteiger partial charge in [-0.25, -0.2) is 0 Å². The van der Waals surface area contributed by atoms with E-state index in [1.807, 2.05) is 11.8 Å². The van der Waals surface area contributed by atoms with Crippen LogP contribution in [0.15, 0.2) is 29.2 Å². The molecule has 3 heteroatoms. The summed E-state index contributed by atoms with van der Waals surface area (Å²) in [5.74, 6) is 1.01. The molecule has 1 aromatic carbocycles. The number of hydrogen-bond acceptors (Lipinski definition) is 3. The van der Waals surface area contributed by atoms with E-state index in [1.165, 1.54) is 10.5 Å². The van der Waals surface area contributed by atoms with E-state index in [2.05, 4.69) is 31.2 Å². The molecule has 0 bridgehead atoms. The largest absolute Gasteiger partial charge is 0.356 e. The monoisotopic (exact) mass is 226 g/mol. The molecule has 84 valence electrons. The molecule has 0 saturated carbocycles. The average molecular weight is 226 g/mol. The first-order chi connectivity index (χ1) is 7.26. The number of rotatable bonds is 6. The van der Waals surface area contributed by atoms with Crippen molar-refractivity contribution in [3.63, 3.8) is 0 Å². The number of hydrogen-bond donors (Lipinski definition) is 0. The third-order valence-corrected chi connectivity index (χ3v) is 3.21. The van der Waals surface area contributed by atoms with Gasteiger partial charge in [-0.3, -0.25) is 0 Å². The van der Waals surface area contributed by atoms with Crippen molar-refractivity contribution in [2.24, 2.45) is 0 Å². The van der Waals surface area contributed by atoms with Crippen LogP contribution in [0.5, 0.6) is 0 Å². The summed E-state index contributed by atoms with van der Waals surface area (Å²) >= 11 is 1.83. The first-order valence-corrected chi connectivity index (χ1v) is 6.00. The van der Waals surface area contributed by atoms with Gasteiger partial charge in [0.25, 0.3) is 0 Å². The zero-order chi connectivity index (χ0) is 11.1. The van der Waals surface area contributed by atoms with Crippen molar-refractivity contribution in [1.29, 1.82) is 0 Å². The summed E-state index contributed by atoms with van der Waals surface area (Å²) in [5.41, 5.74) is 1.30. The van der Waals surface area contributed by atoms with Crippen molar-refractivity contribution in [2.45, 2.75) is 24.5 Å². The normalized spacial score (nSPS) is 10.9. The lowest BCUT2D eigenvalue weighted by atomic mass is 10.2. The third kappa shape index (κ3) is 4.69. The molecular formula is C12H18O2S. The summed E-state index contributed by atoms with van der Waals surface area (Å²) in [5, 5.41) is 0. The first-order valence-electron chi connectivity index (χ1n) is 5.01. The molecule has 0 spiro atoms. The molecule has 0 N–H and O–H groups in total. The molecule has 0 aromatic heterocycles. The van der Waals surface area contributed by atoms with Crippen LogP contribution in [0.3, 0.4) is 0 Å². The summed E-state index contributed by atoms with van der Waals surface area (Å²) in [4.78, 5) is 1.30. The number of ether oxygens (including phenoxy) is 2. The van der Waals surface area contributed by atoms with Crippen LogP contribution in [0, 0.1) is 6.92 Å². The molecule has 0 heterocycles. The predicted octanol–water partition coefficient (Wildman–Crippen LogP) is 3.10. The van der Waals surface area contributed by atoms with Crippen LogP contribution >= 0.6 is 11.8 Å². The van der Waals surface area contributed by atoms with Gasteiger partial charge in [0.15, 0.2) is 6.29 Å². The van der Waals surface area contributed by atoms with Gasteiger partial charge in [-0.1, -0.05) is 17.7 Å². The van der Waals surface area contributed by atoms with Gasteiger partial charge in [0.1, 0.15) is 0 Å². The molecule has 0 amide bonds. The highest BCUT2D eigenvalue weighted by Gasteiger charge is 2.04. The standard InChI is InChI=1S/C12H18O2S/c1-10-4-6-11(7-5-10)15-9-8-12(13-2)14-3/h4-7,12H,8-9H2,1-3H3. The highest BCUT2D eigenvalue weighted by Crippen LogP contribution is 2.20. The highest BCUT2D eigenvalue weighted by molar-refractivity contribution is 7.99. The fourth-order valence-corrected chi connectivity index (χ4v) is 2.11. The van der Waals surface area contributed by atoms with E-state index >= 15 is 0 Å². The quantitative estimate of drug-likeness (QED) is 0.548. The van der Waals surface area contributed by atoms with Crippen LogP contribution < -0.4 is 0 Å². The van der Waals surface area contributed by atoms with Gasteiger partial charge in [-0.2, -0.15) is 0 Å². The minimum Gasteiger partial charge on any atom is -0.356 e. The molecule has 0 unspecified atom stereocenters. The second-order valence-electron chi connectivity index (χ2n) is 3.35. The molecule has 15 heavy (non-hydrogen) atoms. The number of benzene rings is 1. The maximum Gasteiger partial charge on any atom is 0.157 e. The molecule has 0 aliphatic heterocycles. The minimum absolute atomic E-state index is 0.0806. The lowest BCUT2D eigenvalue weighted by Gasteiger charge is -2.12. The summed E-state index contributed by atoms with van der Waals surface area (Å²) in [6.07, 6.45) is 0.828. The molecule has 0 radical (unpaired) electrons. The second-order valence-corrected chi connectivity index (χ2v) is 4.52. The van der Waals surface area contributed by atoms with Crippen LogP contribution in [0.4, 0.5) is 0 Å². The van der Waals surface area contributed by atoms with E-state index in [9.17, 15) is 0 Å². The van der Waals surface area contributed by atoms with Crippen molar-refractivity contribution in [1.82, 2.24) is 0 Å². The summed E-state index contributed by atoms with van der Waals surface area (Å²) in [6.45, 7) is 2.10. The van der Waals surface area contributed by atoms with Crippen LogP contribution in [0.25, 0.3) is 0 Å². The summed E-state index contributed by atoms with van der Waals surface area (Å²) < 4.78 is 10.2. The maximum absolute atomic E-state index is 5.12. The van der Waals surface area contributed by atoms with Crippen LogP contribution in [0.1, 0.15) is 12.0 Å². The molecule has 0 saturated heterocycles.